The number of hydrogen-bond acceptors (Lipinski definition) is 1. The summed E-state index contributed by atoms with van der Waals surface area (Å²) in [6.45, 7) is 9.52. The molecule has 0 aliphatic heterocycles. The molecule has 0 radical (unpaired) electrons. The summed E-state index contributed by atoms with van der Waals surface area (Å²) in [5, 5.41) is 6.02. The second kappa shape index (κ2) is 8.03. The van der Waals surface area contributed by atoms with E-state index in [0.29, 0.717) is 0 Å². The molecule has 0 aromatic rings. The molecular weight excluding hydrogens is 182 g/mol. The summed E-state index contributed by atoms with van der Waals surface area (Å²) >= 11 is -0.614. The quantitative estimate of drug-likeness (QED) is 0.591. The number of rotatable bonds is 6. The average Bonchev–Trinajstić information content (AvgIpc) is 2.07. The topological polar surface area (TPSA) is 0 Å². The first-order valence-corrected chi connectivity index (χ1v) is 12.0. The second-order valence-electron chi connectivity index (χ2n) is 3.01. The number of hydrogen-bond donors (Lipinski definition) is 0. The normalized spacial score (nSPS) is 9.82. The van der Waals surface area contributed by atoms with Gasteiger partial charge in [0.2, 0.25) is 0 Å². The Bertz CT molecular complexity index is 70.2. The van der Waals surface area contributed by atoms with Crippen molar-refractivity contribution in [2.24, 2.45) is 0 Å². The molecular formula is C8H20Al2S. The van der Waals surface area contributed by atoms with E-state index < -0.39 is 0 Å². The smallest absolute Gasteiger partial charge is 0.324 e. The van der Waals surface area contributed by atoms with Gasteiger partial charge in [0, 0.05) is 0 Å². The van der Waals surface area contributed by atoms with Gasteiger partial charge in [0.1, 0.15) is 0 Å². The Hall–Kier alpha value is 1.41. The standard InChI is InChI=1S/4C2H5.2Al.S/c4*1-2;;;/h4*1H2,2H3;;;. The van der Waals surface area contributed by atoms with Gasteiger partial charge >= 0.3 is 26.0 Å². The van der Waals surface area contributed by atoms with E-state index in [4.69, 9.17) is 0 Å². The highest BCUT2D eigenvalue weighted by molar-refractivity contribution is 8.45. The maximum Gasteiger partial charge on any atom is 0.324 e. The van der Waals surface area contributed by atoms with Crippen molar-refractivity contribution in [1.82, 2.24) is 0 Å². The van der Waals surface area contributed by atoms with E-state index in [0.717, 1.165) is 0 Å². The van der Waals surface area contributed by atoms with Crippen molar-refractivity contribution in [3.63, 3.8) is 0 Å². The van der Waals surface area contributed by atoms with Crippen LogP contribution in [-0.4, -0.2) is 26.0 Å². The van der Waals surface area contributed by atoms with Crippen molar-refractivity contribution in [2.45, 2.75) is 48.8 Å². The van der Waals surface area contributed by atoms with Crippen molar-refractivity contribution in [3.8, 4) is 0 Å². The first-order chi connectivity index (χ1) is 5.28. The summed E-state index contributed by atoms with van der Waals surface area (Å²) in [6, 6.07) is 0. The lowest BCUT2D eigenvalue weighted by Crippen LogP contribution is -2.14. The lowest BCUT2D eigenvalue weighted by molar-refractivity contribution is 1.34. The van der Waals surface area contributed by atoms with Crippen LogP contribution in [0.5, 0.6) is 0 Å². The van der Waals surface area contributed by atoms with Crippen LogP contribution in [0.25, 0.3) is 0 Å². The van der Waals surface area contributed by atoms with Gasteiger partial charge in [-0.15, -0.1) is 0 Å². The van der Waals surface area contributed by atoms with E-state index in [1.807, 2.05) is 0 Å². The molecule has 0 saturated carbocycles. The van der Waals surface area contributed by atoms with E-state index in [2.05, 4.69) is 36.2 Å². The van der Waals surface area contributed by atoms with Crippen LogP contribution in [0.2, 0.25) is 21.1 Å². The molecule has 0 N–H and O–H groups in total. The summed E-state index contributed by atoms with van der Waals surface area (Å²) in [5.74, 6) is 0. The van der Waals surface area contributed by atoms with Crippen molar-refractivity contribution >= 4 is 34.5 Å². The lowest BCUT2D eigenvalue weighted by atomic mass is 10.9. The fourth-order valence-corrected chi connectivity index (χ4v) is 19.5. The predicted molar refractivity (Wildman–Crippen MR) is 61.0 cm³/mol. The van der Waals surface area contributed by atoms with Gasteiger partial charge in [-0.2, -0.15) is 0 Å². The zero-order chi connectivity index (χ0) is 8.69. The molecule has 0 aliphatic carbocycles. The summed E-state index contributed by atoms with van der Waals surface area (Å²) < 4.78 is 0. The van der Waals surface area contributed by atoms with Crippen LogP contribution in [0.3, 0.4) is 0 Å². The molecule has 0 saturated heterocycles. The third-order valence-corrected chi connectivity index (χ3v) is 19.9. The lowest BCUT2D eigenvalue weighted by Gasteiger charge is -2.11. The van der Waals surface area contributed by atoms with Crippen molar-refractivity contribution in [3.05, 3.63) is 0 Å². The van der Waals surface area contributed by atoms with Crippen molar-refractivity contribution in [1.29, 1.82) is 0 Å². The third-order valence-electron chi connectivity index (χ3n) is 2.21. The maximum absolute atomic E-state index is 2.47. The Morgan fingerprint density at radius 1 is 0.727 bits per heavy atom. The molecule has 0 amide bonds. The van der Waals surface area contributed by atoms with Gasteiger partial charge < -0.3 is 8.50 Å². The molecule has 11 heavy (non-hydrogen) atoms. The summed E-state index contributed by atoms with van der Waals surface area (Å²) in [5.41, 5.74) is 0. The van der Waals surface area contributed by atoms with Gasteiger partial charge in [0.25, 0.3) is 0 Å². The first-order valence-electron chi connectivity index (χ1n) is 4.93. The average molecular weight is 202 g/mol. The third kappa shape index (κ3) is 5.62. The molecule has 0 fully saturated rings. The van der Waals surface area contributed by atoms with Gasteiger partial charge in [0.05, 0.1) is 0 Å². The fourth-order valence-electron chi connectivity index (χ4n) is 1.23. The minimum atomic E-state index is -0.307. The van der Waals surface area contributed by atoms with Gasteiger partial charge in [-0.1, -0.05) is 48.8 Å². The van der Waals surface area contributed by atoms with Gasteiger partial charge in [-0.3, -0.25) is 0 Å². The molecule has 3 heteroatoms. The first kappa shape index (κ1) is 12.4. The SMILES string of the molecule is C[CH2][Al]([CH2]C)[S][Al]([CH2]C)[CH2]C. The predicted octanol–water partition coefficient (Wildman–Crippen LogP) is 3.78. The molecule has 0 aromatic heterocycles. The van der Waals surface area contributed by atoms with Gasteiger partial charge in [-0.05, 0) is 0 Å². The molecule has 0 nitrogen and oxygen atoms in total. The van der Waals surface area contributed by atoms with Crippen LogP contribution in [0.1, 0.15) is 27.7 Å². The molecule has 0 heterocycles. The van der Waals surface area contributed by atoms with Crippen LogP contribution in [0, 0.1) is 0 Å². The zero-order valence-corrected chi connectivity index (χ0v) is 11.5. The van der Waals surface area contributed by atoms with Crippen LogP contribution in [-0.2, 0) is 0 Å². The summed E-state index contributed by atoms with van der Waals surface area (Å²) in [4.78, 5) is 0. The molecule has 64 valence electrons. The Labute approximate surface area is 83.0 Å². The molecule has 0 atom stereocenters. The Balaban J connectivity index is 3.58. The van der Waals surface area contributed by atoms with E-state index in [1.54, 1.807) is 0 Å². The van der Waals surface area contributed by atoms with E-state index >= 15 is 0 Å². The minimum Gasteiger partial charge on any atom is -0.345 e. The maximum atomic E-state index is 2.47. The van der Waals surface area contributed by atoms with E-state index in [-0.39, 0.29) is 26.0 Å². The zero-order valence-electron chi connectivity index (χ0n) is 8.39. The molecule has 0 aromatic carbocycles. The van der Waals surface area contributed by atoms with Gasteiger partial charge in [0.15, 0.2) is 0 Å². The second-order valence-corrected chi connectivity index (χ2v) is 16.3. The van der Waals surface area contributed by atoms with Crippen LogP contribution in [0.15, 0.2) is 0 Å². The minimum absolute atomic E-state index is 0.307. The van der Waals surface area contributed by atoms with Crippen LogP contribution in [0.4, 0.5) is 0 Å². The molecule has 0 unspecified atom stereocenters. The Morgan fingerprint density at radius 3 is 1.18 bits per heavy atom. The molecule has 0 aliphatic rings. The highest BCUT2D eigenvalue weighted by Gasteiger charge is 2.20. The fraction of sp³-hybridized carbons (Fsp3) is 1.00. The highest BCUT2D eigenvalue weighted by atomic mass is 32.4. The summed E-state index contributed by atoms with van der Waals surface area (Å²) in [6.07, 6.45) is 0. The van der Waals surface area contributed by atoms with E-state index in [9.17, 15) is 0 Å². The summed E-state index contributed by atoms with van der Waals surface area (Å²) in [7, 11) is 2.47. The van der Waals surface area contributed by atoms with Crippen LogP contribution < -0.4 is 0 Å². The van der Waals surface area contributed by atoms with Crippen LogP contribution >= 0.6 is 8.50 Å². The molecule has 0 spiro atoms. The molecule has 0 bridgehead atoms. The van der Waals surface area contributed by atoms with Crippen molar-refractivity contribution in [2.75, 3.05) is 0 Å². The van der Waals surface area contributed by atoms with Gasteiger partial charge in [-0.25, -0.2) is 0 Å². The van der Waals surface area contributed by atoms with Crippen molar-refractivity contribution < 1.29 is 0 Å². The monoisotopic (exact) mass is 202 g/mol. The molecule has 0 rings (SSSR count). The van der Waals surface area contributed by atoms with E-state index in [1.165, 1.54) is 21.1 Å². The highest BCUT2D eigenvalue weighted by Crippen LogP contribution is 2.22. The Morgan fingerprint density at radius 2 is 1.00 bits per heavy atom. The largest absolute Gasteiger partial charge is 0.345 e. The Kier molecular flexibility index (Phi) is 9.07.